The molecule has 0 aliphatic carbocycles. The maximum absolute atomic E-state index is 12.9. The molecular weight excluding hydrogens is 238 g/mol. The second kappa shape index (κ2) is 6.23. The van der Waals surface area contributed by atoms with Gasteiger partial charge in [0.05, 0.1) is 5.41 Å². The van der Waals surface area contributed by atoms with Gasteiger partial charge < -0.3 is 10.2 Å². The van der Waals surface area contributed by atoms with Crippen molar-refractivity contribution in [3.63, 3.8) is 0 Å². The number of carbonyl (C=O) groups is 1. The Morgan fingerprint density at radius 2 is 2.16 bits per heavy atom. The van der Waals surface area contributed by atoms with Crippen LogP contribution >= 0.6 is 0 Å². The van der Waals surface area contributed by atoms with Crippen molar-refractivity contribution in [3.05, 3.63) is 0 Å². The zero-order valence-electron chi connectivity index (χ0n) is 12.7. The highest BCUT2D eigenvalue weighted by Gasteiger charge is 2.41. The third-order valence-electron chi connectivity index (χ3n) is 5.06. The summed E-state index contributed by atoms with van der Waals surface area (Å²) < 4.78 is 0. The van der Waals surface area contributed by atoms with E-state index in [2.05, 4.69) is 35.9 Å². The third-order valence-corrected chi connectivity index (χ3v) is 5.06. The fourth-order valence-corrected chi connectivity index (χ4v) is 3.59. The Hall–Kier alpha value is -0.610. The van der Waals surface area contributed by atoms with Crippen LogP contribution in [0.3, 0.4) is 0 Å². The van der Waals surface area contributed by atoms with Crippen LogP contribution in [0.25, 0.3) is 0 Å². The summed E-state index contributed by atoms with van der Waals surface area (Å²) >= 11 is 0. The minimum atomic E-state index is -0.133. The molecule has 2 heterocycles. The molecule has 0 aromatic heterocycles. The lowest BCUT2D eigenvalue weighted by molar-refractivity contribution is -0.146. The first kappa shape index (κ1) is 14.8. The molecule has 0 bridgehead atoms. The van der Waals surface area contributed by atoms with Gasteiger partial charge in [0.1, 0.15) is 0 Å². The van der Waals surface area contributed by atoms with E-state index in [0.717, 1.165) is 58.5 Å². The van der Waals surface area contributed by atoms with Gasteiger partial charge in [-0.1, -0.05) is 13.8 Å². The van der Waals surface area contributed by atoms with Crippen LogP contribution in [0.2, 0.25) is 0 Å². The highest BCUT2D eigenvalue weighted by molar-refractivity contribution is 5.83. The molecule has 0 aromatic carbocycles. The number of amides is 1. The Balaban J connectivity index is 2.02. The fraction of sp³-hybridized carbons (Fsp3) is 0.933. The molecule has 1 amide bonds. The monoisotopic (exact) mass is 267 g/mol. The van der Waals surface area contributed by atoms with E-state index in [-0.39, 0.29) is 5.41 Å². The molecule has 0 aromatic rings. The summed E-state index contributed by atoms with van der Waals surface area (Å²) in [6, 6.07) is 0.494. The molecule has 2 rings (SSSR count). The van der Waals surface area contributed by atoms with Gasteiger partial charge in [-0.2, -0.15) is 0 Å². The molecule has 2 aliphatic heterocycles. The normalized spacial score (nSPS) is 33.4. The lowest BCUT2D eigenvalue weighted by Gasteiger charge is -2.45. The van der Waals surface area contributed by atoms with Gasteiger partial charge in [-0.25, -0.2) is 0 Å². The van der Waals surface area contributed by atoms with Gasteiger partial charge in [0.25, 0.3) is 0 Å². The van der Waals surface area contributed by atoms with E-state index in [4.69, 9.17) is 0 Å². The molecule has 4 nitrogen and oxygen atoms in total. The largest absolute Gasteiger partial charge is 0.339 e. The summed E-state index contributed by atoms with van der Waals surface area (Å²) in [5, 5.41) is 3.42. The Morgan fingerprint density at radius 3 is 2.68 bits per heavy atom. The molecule has 110 valence electrons. The van der Waals surface area contributed by atoms with E-state index in [9.17, 15) is 4.79 Å². The van der Waals surface area contributed by atoms with Gasteiger partial charge in [0.2, 0.25) is 5.91 Å². The van der Waals surface area contributed by atoms with Gasteiger partial charge in [0, 0.05) is 32.2 Å². The van der Waals surface area contributed by atoms with Crippen LogP contribution in [0.4, 0.5) is 0 Å². The van der Waals surface area contributed by atoms with Crippen molar-refractivity contribution < 1.29 is 4.79 Å². The van der Waals surface area contributed by atoms with Gasteiger partial charge in [-0.15, -0.1) is 0 Å². The smallest absolute Gasteiger partial charge is 0.230 e. The van der Waals surface area contributed by atoms with Crippen LogP contribution in [0, 0.1) is 5.41 Å². The maximum atomic E-state index is 12.9. The molecule has 2 aliphatic rings. The standard InChI is InChI=1S/C15H29N3O/c1-4-15(7-6-8-16-12-15)14(19)18-10-9-17(5-2)13(3)11-18/h13,16H,4-12H2,1-3H3. The molecule has 0 saturated carbocycles. The van der Waals surface area contributed by atoms with Crippen LogP contribution < -0.4 is 5.32 Å². The lowest BCUT2D eigenvalue weighted by atomic mass is 9.77. The number of piperidine rings is 1. The first-order valence-electron chi connectivity index (χ1n) is 7.87. The van der Waals surface area contributed by atoms with Crippen molar-refractivity contribution >= 4 is 5.91 Å². The highest BCUT2D eigenvalue weighted by atomic mass is 16.2. The maximum Gasteiger partial charge on any atom is 0.230 e. The SMILES string of the molecule is CCN1CCN(C(=O)C2(CC)CCCNC2)CC1C. The van der Waals surface area contributed by atoms with Crippen molar-refractivity contribution in [2.75, 3.05) is 39.3 Å². The molecule has 2 fully saturated rings. The summed E-state index contributed by atoms with van der Waals surface area (Å²) in [5.41, 5.74) is -0.133. The van der Waals surface area contributed by atoms with Crippen LogP contribution in [0.1, 0.15) is 40.0 Å². The third kappa shape index (κ3) is 2.95. The van der Waals surface area contributed by atoms with Crippen molar-refractivity contribution in [2.45, 2.75) is 46.1 Å². The minimum Gasteiger partial charge on any atom is -0.339 e. The minimum absolute atomic E-state index is 0.133. The Bertz CT molecular complexity index is 313. The number of nitrogens with zero attached hydrogens (tertiary/aromatic N) is 2. The zero-order chi connectivity index (χ0) is 13.9. The number of carbonyl (C=O) groups excluding carboxylic acids is 1. The summed E-state index contributed by atoms with van der Waals surface area (Å²) in [4.78, 5) is 17.5. The molecule has 2 atom stereocenters. The van der Waals surface area contributed by atoms with Crippen LogP contribution in [0.5, 0.6) is 0 Å². The average molecular weight is 267 g/mol. The molecule has 2 saturated heterocycles. The Morgan fingerprint density at radius 1 is 1.37 bits per heavy atom. The number of piperazine rings is 1. The van der Waals surface area contributed by atoms with Gasteiger partial charge in [0.15, 0.2) is 0 Å². The second-order valence-corrected chi connectivity index (χ2v) is 6.14. The molecule has 1 N–H and O–H groups in total. The molecule has 0 radical (unpaired) electrons. The van der Waals surface area contributed by atoms with E-state index >= 15 is 0 Å². The number of rotatable bonds is 3. The summed E-state index contributed by atoms with van der Waals surface area (Å²) in [7, 11) is 0. The number of hydrogen-bond donors (Lipinski definition) is 1. The molecular formula is C15H29N3O. The Labute approximate surface area is 117 Å². The topological polar surface area (TPSA) is 35.6 Å². The van der Waals surface area contributed by atoms with Gasteiger partial charge >= 0.3 is 0 Å². The van der Waals surface area contributed by atoms with E-state index in [1.165, 1.54) is 0 Å². The molecule has 0 spiro atoms. The molecule has 19 heavy (non-hydrogen) atoms. The lowest BCUT2D eigenvalue weighted by Crippen LogP contribution is -2.59. The van der Waals surface area contributed by atoms with E-state index < -0.39 is 0 Å². The predicted octanol–water partition coefficient (Wildman–Crippen LogP) is 1.32. The Kier molecular flexibility index (Phi) is 4.85. The summed E-state index contributed by atoms with van der Waals surface area (Å²) in [6.07, 6.45) is 3.14. The zero-order valence-corrected chi connectivity index (χ0v) is 12.7. The van der Waals surface area contributed by atoms with Crippen molar-refractivity contribution in [1.29, 1.82) is 0 Å². The van der Waals surface area contributed by atoms with Gasteiger partial charge in [-0.3, -0.25) is 9.69 Å². The molecule has 4 heteroatoms. The summed E-state index contributed by atoms with van der Waals surface area (Å²) in [6.45, 7) is 12.4. The highest BCUT2D eigenvalue weighted by Crippen LogP contribution is 2.33. The van der Waals surface area contributed by atoms with E-state index in [1.54, 1.807) is 0 Å². The second-order valence-electron chi connectivity index (χ2n) is 6.14. The number of hydrogen-bond acceptors (Lipinski definition) is 3. The van der Waals surface area contributed by atoms with Crippen LogP contribution in [-0.2, 0) is 4.79 Å². The van der Waals surface area contributed by atoms with Crippen LogP contribution in [0.15, 0.2) is 0 Å². The van der Waals surface area contributed by atoms with Crippen molar-refractivity contribution in [1.82, 2.24) is 15.1 Å². The first-order chi connectivity index (χ1) is 9.13. The predicted molar refractivity (Wildman–Crippen MR) is 78.1 cm³/mol. The summed E-state index contributed by atoms with van der Waals surface area (Å²) in [5.74, 6) is 0.393. The van der Waals surface area contributed by atoms with Crippen molar-refractivity contribution in [3.8, 4) is 0 Å². The number of likely N-dealkylation sites (N-methyl/N-ethyl adjacent to an activating group) is 1. The quantitative estimate of drug-likeness (QED) is 0.838. The van der Waals surface area contributed by atoms with E-state index in [1.807, 2.05) is 0 Å². The fourth-order valence-electron chi connectivity index (χ4n) is 3.59. The van der Waals surface area contributed by atoms with Crippen LogP contribution in [-0.4, -0.2) is 61.0 Å². The number of nitrogens with one attached hydrogen (secondary N) is 1. The first-order valence-corrected chi connectivity index (χ1v) is 7.87. The molecule has 2 unspecified atom stereocenters. The van der Waals surface area contributed by atoms with Crippen molar-refractivity contribution in [2.24, 2.45) is 5.41 Å². The van der Waals surface area contributed by atoms with E-state index in [0.29, 0.717) is 11.9 Å². The van der Waals surface area contributed by atoms with Gasteiger partial charge in [-0.05, 0) is 39.3 Å². The average Bonchev–Trinajstić information content (AvgIpc) is 2.47.